The molecule has 1 unspecified atom stereocenters. The number of rotatable bonds is 8. The summed E-state index contributed by atoms with van der Waals surface area (Å²) in [6, 6.07) is 6.28. The van der Waals surface area contributed by atoms with E-state index in [0.717, 1.165) is 22.8 Å². The molecule has 3 heterocycles. The van der Waals surface area contributed by atoms with Gasteiger partial charge >= 0.3 is 0 Å². The number of hydrogen-bond donors (Lipinski definition) is 2. The van der Waals surface area contributed by atoms with Crippen molar-refractivity contribution in [1.82, 2.24) is 19.7 Å². The van der Waals surface area contributed by atoms with E-state index in [1.54, 1.807) is 31.2 Å². The number of nitrogens with one attached hydrogen (secondary N) is 2. The van der Waals surface area contributed by atoms with Gasteiger partial charge in [0.15, 0.2) is 0 Å². The molecule has 0 radical (unpaired) electrons. The van der Waals surface area contributed by atoms with Crippen LogP contribution in [0, 0.1) is 6.92 Å². The Morgan fingerprint density at radius 1 is 1.14 bits per heavy atom. The van der Waals surface area contributed by atoms with Gasteiger partial charge in [0.1, 0.15) is 21.6 Å². The summed E-state index contributed by atoms with van der Waals surface area (Å²) >= 11 is 2.42. The van der Waals surface area contributed by atoms with E-state index in [0.29, 0.717) is 43.6 Å². The Labute approximate surface area is 209 Å². The molecule has 0 aliphatic carbocycles. The molecule has 2 N–H and O–H groups in total. The second-order valence-electron chi connectivity index (χ2n) is 7.62. The molecule has 0 bridgehead atoms. The Morgan fingerprint density at radius 2 is 1.91 bits per heavy atom. The normalized spacial score (nSPS) is 11.9. The van der Waals surface area contributed by atoms with Crippen LogP contribution in [0.15, 0.2) is 35.4 Å². The summed E-state index contributed by atoms with van der Waals surface area (Å²) in [5.74, 6) is -0.219. The molecule has 2 amide bonds. The molecule has 4 aromatic rings. The third kappa shape index (κ3) is 4.80. The first-order valence-corrected chi connectivity index (χ1v) is 12.6. The highest BCUT2D eigenvalue weighted by molar-refractivity contribution is 7.20. The van der Waals surface area contributed by atoms with Crippen molar-refractivity contribution in [2.45, 2.75) is 39.7 Å². The molecule has 0 aliphatic rings. The number of ether oxygens (including phenoxy) is 1. The van der Waals surface area contributed by atoms with Crippen molar-refractivity contribution >= 4 is 55.5 Å². The quantitative estimate of drug-likeness (QED) is 0.365. The van der Waals surface area contributed by atoms with E-state index >= 15 is 0 Å². The number of aromatic nitrogens is 4. The van der Waals surface area contributed by atoms with Crippen LogP contribution >= 0.6 is 22.7 Å². The van der Waals surface area contributed by atoms with E-state index in [1.165, 1.54) is 29.3 Å². The van der Waals surface area contributed by atoms with Gasteiger partial charge in [-0.25, -0.2) is 4.98 Å². The van der Waals surface area contributed by atoms with Crippen molar-refractivity contribution in [3.8, 4) is 5.75 Å². The van der Waals surface area contributed by atoms with E-state index in [2.05, 4.69) is 25.8 Å². The molecule has 182 valence electrons. The molecule has 0 aliphatic heterocycles. The summed E-state index contributed by atoms with van der Waals surface area (Å²) in [5, 5.41) is 15.1. The molecule has 0 saturated carbocycles. The van der Waals surface area contributed by atoms with E-state index in [4.69, 9.17) is 4.74 Å². The Hall–Kier alpha value is -3.64. The van der Waals surface area contributed by atoms with Gasteiger partial charge in [-0.3, -0.25) is 24.3 Å². The maximum absolute atomic E-state index is 13.4. The van der Waals surface area contributed by atoms with Crippen molar-refractivity contribution in [3.63, 3.8) is 0 Å². The average molecular weight is 513 g/mol. The fraction of sp³-hybridized carbons (Fsp3) is 0.304. The number of methoxy groups -OCH3 is 1. The second kappa shape index (κ2) is 10.3. The zero-order valence-corrected chi connectivity index (χ0v) is 21.2. The Kier molecular flexibility index (Phi) is 7.22. The van der Waals surface area contributed by atoms with Crippen LogP contribution in [-0.2, 0) is 11.2 Å². The Morgan fingerprint density at radius 3 is 2.60 bits per heavy atom. The van der Waals surface area contributed by atoms with Gasteiger partial charge in [-0.2, -0.15) is 0 Å². The van der Waals surface area contributed by atoms with Crippen molar-refractivity contribution in [2.24, 2.45) is 0 Å². The third-order valence-corrected chi connectivity index (χ3v) is 7.64. The van der Waals surface area contributed by atoms with Crippen LogP contribution in [0.5, 0.6) is 5.75 Å². The maximum Gasteiger partial charge on any atom is 0.266 e. The number of thiophene rings is 1. The zero-order chi connectivity index (χ0) is 25.1. The van der Waals surface area contributed by atoms with Crippen LogP contribution < -0.4 is 20.9 Å². The average Bonchev–Trinajstić information content (AvgIpc) is 3.45. The summed E-state index contributed by atoms with van der Waals surface area (Å²) in [6.45, 7) is 5.47. The standard InChI is InChI=1S/C23H24N6O4S2/c1-5-14(19(30)26-23-28-27-16(6-2)34-23)29-11-24-21-17(22(29)32)12(3)18(35-21)20(31)25-13-9-7-8-10-15(13)33-4/h7-11,14H,5-6H2,1-4H3,(H,25,31)(H,26,28,30). The number of nitrogens with zero attached hydrogens (tertiary/aromatic N) is 4. The van der Waals surface area contributed by atoms with Gasteiger partial charge in [-0.15, -0.1) is 21.5 Å². The maximum atomic E-state index is 13.4. The van der Waals surface area contributed by atoms with Gasteiger partial charge in [0.25, 0.3) is 11.5 Å². The van der Waals surface area contributed by atoms with Crippen molar-refractivity contribution in [3.05, 3.63) is 56.4 Å². The summed E-state index contributed by atoms with van der Waals surface area (Å²) in [6.07, 6.45) is 2.44. The van der Waals surface area contributed by atoms with Crippen LogP contribution in [0.4, 0.5) is 10.8 Å². The highest BCUT2D eigenvalue weighted by Crippen LogP contribution is 2.30. The first-order valence-electron chi connectivity index (χ1n) is 11.0. The van der Waals surface area contributed by atoms with Crippen LogP contribution in [0.1, 0.15) is 46.6 Å². The highest BCUT2D eigenvalue weighted by Gasteiger charge is 2.25. The Balaban J connectivity index is 1.65. The van der Waals surface area contributed by atoms with Gasteiger partial charge in [0.05, 0.1) is 29.4 Å². The molecule has 3 aromatic heterocycles. The second-order valence-corrected chi connectivity index (χ2v) is 9.68. The predicted octanol–water partition coefficient (Wildman–Crippen LogP) is 4.03. The minimum atomic E-state index is -0.793. The van der Waals surface area contributed by atoms with Gasteiger partial charge in [0.2, 0.25) is 11.0 Å². The summed E-state index contributed by atoms with van der Waals surface area (Å²) in [4.78, 5) is 44.6. The molecule has 10 nitrogen and oxygen atoms in total. The number of fused-ring (bicyclic) bond motifs is 1. The molecule has 0 fully saturated rings. The number of aryl methyl sites for hydroxylation is 2. The smallest absolute Gasteiger partial charge is 0.266 e. The summed E-state index contributed by atoms with van der Waals surface area (Å²) < 4.78 is 6.60. The number of hydrogen-bond acceptors (Lipinski definition) is 9. The predicted molar refractivity (Wildman–Crippen MR) is 137 cm³/mol. The number of para-hydroxylation sites is 2. The van der Waals surface area contributed by atoms with Crippen LogP contribution in [0.3, 0.4) is 0 Å². The van der Waals surface area contributed by atoms with Crippen LogP contribution in [0.25, 0.3) is 10.2 Å². The minimum Gasteiger partial charge on any atom is -0.495 e. The van der Waals surface area contributed by atoms with Crippen molar-refractivity contribution in [1.29, 1.82) is 0 Å². The summed E-state index contributed by atoms with van der Waals surface area (Å²) in [5.41, 5.74) is 0.651. The van der Waals surface area contributed by atoms with Crippen molar-refractivity contribution < 1.29 is 14.3 Å². The lowest BCUT2D eigenvalue weighted by Gasteiger charge is -2.16. The first-order chi connectivity index (χ1) is 16.9. The SMILES string of the molecule is CCc1nnc(NC(=O)C(CC)n2cnc3sc(C(=O)Nc4ccccc4OC)c(C)c3c2=O)s1. The fourth-order valence-corrected chi connectivity index (χ4v) is 5.36. The topological polar surface area (TPSA) is 128 Å². The zero-order valence-electron chi connectivity index (χ0n) is 19.6. The molecular formula is C23H24N6O4S2. The number of amides is 2. The fourth-order valence-electron chi connectivity index (χ4n) is 3.65. The van der Waals surface area contributed by atoms with E-state index in [9.17, 15) is 14.4 Å². The molecule has 0 saturated heterocycles. The Bertz CT molecular complexity index is 1460. The highest BCUT2D eigenvalue weighted by atomic mass is 32.1. The van der Waals surface area contributed by atoms with Gasteiger partial charge < -0.3 is 10.1 Å². The van der Waals surface area contributed by atoms with Crippen molar-refractivity contribution in [2.75, 3.05) is 17.7 Å². The molecule has 1 atom stereocenters. The number of carbonyl (C=O) groups is 2. The number of carbonyl (C=O) groups excluding carboxylic acids is 2. The molecular weight excluding hydrogens is 488 g/mol. The van der Waals surface area contributed by atoms with E-state index < -0.39 is 6.04 Å². The first kappa shape index (κ1) is 24.5. The lowest BCUT2D eigenvalue weighted by atomic mass is 10.1. The molecule has 0 spiro atoms. The van der Waals surface area contributed by atoms with Crippen LogP contribution in [-0.4, -0.2) is 38.7 Å². The summed E-state index contributed by atoms with van der Waals surface area (Å²) in [7, 11) is 1.52. The van der Waals surface area contributed by atoms with Gasteiger partial charge in [0, 0.05) is 0 Å². The molecule has 4 rings (SSSR count). The monoisotopic (exact) mass is 512 g/mol. The minimum absolute atomic E-state index is 0.318. The molecule has 12 heteroatoms. The third-order valence-electron chi connectivity index (χ3n) is 5.46. The lowest BCUT2D eigenvalue weighted by molar-refractivity contribution is -0.119. The van der Waals surface area contributed by atoms with Gasteiger partial charge in [-0.1, -0.05) is 37.3 Å². The largest absolute Gasteiger partial charge is 0.495 e. The van der Waals surface area contributed by atoms with E-state index in [-0.39, 0.29) is 17.4 Å². The number of benzene rings is 1. The molecule has 1 aromatic carbocycles. The van der Waals surface area contributed by atoms with Gasteiger partial charge in [-0.05, 0) is 37.5 Å². The lowest BCUT2D eigenvalue weighted by Crippen LogP contribution is -2.33. The molecule has 35 heavy (non-hydrogen) atoms. The van der Waals surface area contributed by atoms with E-state index in [1.807, 2.05) is 13.8 Å². The number of anilines is 2. The van der Waals surface area contributed by atoms with Crippen LogP contribution in [0.2, 0.25) is 0 Å².